The largest absolute Gasteiger partial charge is 0.372 e. The number of amides is 1. The van der Waals surface area contributed by atoms with Gasteiger partial charge in [-0.25, -0.2) is 0 Å². The molecule has 23 heavy (non-hydrogen) atoms. The number of carbonyl (C=O) groups excluding carboxylic acids is 1. The Morgan fingerprint density at radius 1 is 1.26 bits per heavy atom. The van der Waals surface area contributed by atoms with Crippen molar-refractivity contribution in [1.82, 2.24) is 14.9 Å². The Morgan fingerprint density at radius 3 is 2.70 bits per heavy atom. The SMILES string of the molecule is C[C@@H]1CN(C(=O)c2cccc(-c3cncc(=O)[nH]3)c2)C[C@H](C)O1. The van der Waals surface area contributed by atoms with E-state index < -0.39 is 0 Å². The van der Waals surface area contributed by atoms with Gasteiger partial charge in [0.2, 0.25) is 0 Å². The van der Waals surface area contributed by atoms with E-state index in [1.54, 1.807) is 24.4 Å². The van der Waals surface area contributed by atoms with E-state index in [1.807, 2.05) is 24.8 Å². The van der Waals surface area contributed by atoms with Crippen molar-refractivity contribution in [1.29, 1.82) is 0 Å². The molecule has 1 saturated heterocycles. The van der Waals surface area contributed by atoms with Crippen molar-refractivity contribution >= 4 is 5.91 Å². The smallest absolute Gasteiger partial charge is 0.266 e. The third-order valence-corrected chi connectivity index (χ3v) is 3.78. The molecule has 1 N–H and O–H groups in total. The first-order chi connectivity index (χ1) is 11.0. The highest BCUT2D eigenvalue weighted by Gasteiger charge is 2.26. The summed E-state index contributed by atoms with van der Waals surface area (Å²) in [5.41, 5.74) is 1.68. The summed E-state index contributed by atoms with van der Waals surface area (Å²) in [5.74, 6) is -0.0277. The van der Waals surface area contributed by atoms with Gasteiger partial charge in [-0.1, -0.05) is 12.1 Å². The summed E-state index contributed by atoms with van der Waals surface area (Å²) in [5, 5.41) is 0. The Hall–Kier alpha value is -2.47. The number of rotatable bonds is 2. The number of aromatic amines is 1. The third kappa shape index (κ3) is 3.48. The molecule has 0 saturated carbocycles. The van der Waals surface area contributed by atoms with Gasteiger partial charge in [-0.05, 0) is 26.0 Å². The lowest BCUT2D eigenvalue weighted by Crippen LogP contribution is -2.48. The van der Waals surface area contributed by atoms with E-state index in [-0.39, 0.29) is 23.7 Å². The Kier molecular flexibility index (Phi) is 4.25. The minimum atomic E-state index is -0.268. The molecule has 1 aliphatic rings. The number of hydrogen-bond acceptors (Lipinski definition) is 4. The molecule has 120 valence electrons. The van der Waals surface area contributed by atoms with Gasteiger partial charge in [0.05, 0.1) is 30.3 Å². The van der Waals surface area contributed by atoms with Gasteiger partial charge in [0.15, 0.2) is 0 Å². The van der Waals surface area contributed by atoms with E-state index in [4.69, 9.17) is 4.74 Å². The van der Waals surface area contributed by atoms with Crippen LogP contribution in [0, 0.1) is 0 Å². The average Bonchev–Trinajstić information content (AvgIpc) is 2.53. The predicted octanol–water partition coefficient (Wildman–Crippen LogP) is 1.69. The van der Waals surface area contributed by atoms with E-state index >= 15 is 0 Å². The van der Waals surface area contributed by atoms with E-state index in [0.29, 0.717) is 24.3 Å². The van der Waals surface area contributed by atoms with Crippen LogP contribution in [0.1, 0.15) is 24.2 Å². The summed E-state index contributed by atoms with van der Waals surface area (Å²) in [6.07, 6.45) is 2.85. The van der Waals surface area contributed by atoms with Gasteiger partial charge in [-0.3, -0.25) is 14.6 Å². The molecule has 0 spiro atoms. The van der Waals surface area contributed by atoms with Crippen LogP contribution < -0.4 is 5.56 Å². The molecule has 2 heterocycles. The summed E-state index contributed by atoms with van der Waals surface area (Å²) >= 11 is 0. The van der Waals surface area contributed by atoms with Crippen LogP contribution in [-0.4, -0.2) is 46.1 Å². The van der Waals surface area contributed by atoms with Crippen molar-refractivity contribution in [2.75, 3.05) is 13.1 Å². The molecule has 0 radical (unpaired) electrons. The monoisotopic (exact) mass is 313 g/mol. The fourth-order valence-electron chi connectivity index (χ4n) is 2.87. The average molecular weight is 313 g/mol. The van der Waals surface area contributed by atoms with Crippen molar-refractivity contribution in [2.24, 2.45) is 0 Å². The number of hydrogen-bond donors (Lipinski definition) is 1. The normalized spacial score (nSPS) is 21.2. The first kappa shape index (κ1) is 15.4. The lowest BCUT2D eigenvalue weighted by Gasteiger charge is -2.35. The number of H-pyrrole nitrogens is 1. The molecule has 0 unspecified atom stereocenters. The van der Waals surface area contributed by atoms with Gasteiger partial charge in [-0.2, -0.15) is 0 Å². The first-order valence-electron chi connectivity index (χ1n) is 7.62. The van der Waals surface area contributed by atoms with E-state index in [0.717, 1.165) is 5.56 Å². The topological polar surface area (TPSA) is 75.3 Å². The number of benzene rings is 1. The molecule has 1 aliphatic heterocycles. The summed E-state index contributed by atoms with van der Waals surface area (Å²) < 4.78 is 5.67. The lowest BCUT2D eigenvalue weighted by atomic mass is 10.1. The fourth-order valence-corrected chi connectivity index (χ4v) is 2.87. The number of nitrogens with zero attached hydrogens (tertiary/aromatic N) is 2. The molecule has 1 aromatic carbocycles. The second-order valence-corrected chi connectivity index (χ2v) is 5.86. The van der Waals surface area contributed by atoms with E-state index in [2.05, 4.69) is 9.97 Å². The van der Waals surface area contributed by atoms with Crippen LogP contribution in [0.25, 0.3) is 11.3 Å². The highest BCUT2D eigenvalue weighted by molar-refractivity contribution is 5.95. The minimum Gasteiger partial charge on any atom is -0.372 e. The number of morpholine rings is 1. The highest BCUT2D eigenvalue weighted by atomic mass is 16.5. The summed E-state index contributed by atoms with van der Waals surface area (Å²) in [7, 11) is 0. The number of ether oxygens (including phenoxy) is 1. The fraction of sp³-hybridized carbons (Fsp3) is 0.353. The van der Waals surface area contributed by atoms with E-state index in [9.17, 15) is 9.59 Å². The first-order valence-corrected chi connectivity index (χ1v) is 7.62. The maximum absolute atomic E-state index is 12.7. The number of aromatic nitrogens is 2. The maximum Gasteiger partial charge on any atom is 0.266 e. The number of nitrogens with one attached hydrogen (secondary N) is 1. The van der Waals surface area contributed by atoms with Gasteiger partial charge in [0, 0.05) is 24.2 Å². The van der Waals surface area contributed by atoms with E-state index in [1.165, 1.54) is 6.20 Å². The predicted molar refractivity (Wildman–Crippen MR) is 86.2 cm³/mol. The van der Waals surface area contributed by atoms with Crippen LogP contribution in [-0.2, 0) is 4.74 Å². The molecule has 0 bridgehead atoms. The lowest BCUT2D eigenvalue weighted by molar-refractivity contribution is -0.0586. The molecule has 2 atom stereocenters. The van der Waals surface area contributed by atoms with Crippen molar-refractivity contribution < 1.29 is 9.53 Å². The molecule has 2 aromatic rings. The molecule has 1 aromatic heterocycles. The van der Waals surface area contributed by atoms with Crippen LogP contribution in [0.5, 0.6) is 0 Å². The molecule has 1 amide bonds. The third-order valence-electron chi connectivity index (χ3n) is 3.78. The Bertz CT molecular complexity index is 761. The zero-order chi connectivity index (χ0) is 16.4. The molecule has 0 aliphatic carbocycles. The van der Waals surface area contributed by atoms with Crippen LogP contribution in [0.2, 0.25) is 0 Å². The molecular formula is C17H19N3O3. The molecule has 6 heteroatoms. The van der Waals surface area contributed by atoms with Gasteiger partial charge in [-0.15, -0.1) is 0 Å². The quantitative estimate of drug-likeness (QED) is 0.915. The summed E-state index contributed by atoms with van der Waals surface area (Å²) in [6, 6.07) is 7.21. The molecule has 6 nitrogen and oxygen atoms in total. The van der Waals surface area contributed by atoms with Crippen LogP contribution in [0.4, 0.5) is 0 Å². The Labute approximate surface area is 134 Å². The standard InChI is InChI=1S/C17H19N3O3/c1-11-9-20(10-12(2)23-11)17(22)14-5-3-4-13(6-14)15-7-18-8-16(21)19-15/h3-8,11-12H,9-10H2,1-2H3,(H,19,21)/t11-,12+. The zero-order valence-electron chi connectivity index (χ0n) is 13.2. The van der Waals surface area contributed by atoms with Gasteiger partial charge in [0.1, 0.15) is 0 Å². The van der Waals surface area contributed by atoms with Crippen LogP contribution in [0.15, 0.2) is 41.5 Å². The van der Waals surface area contributed by atoms with Crippen LogP contribution in [0.3, 0.4) is 0 Å². The van der Waals surface area contributed by atoms with Gasteiger partial charge < -0.3 is 14.6 Å². The summed E-state index contributed by atoms with van der Waals surface area (Å²) in [6.45, 7) is 5.09. The van der Waals surface area contributed by atoms with Crippen LogP contribution >= 0.6 is 0 Å². The van der Waals surface area contributed by atoms with Gasteiger partial charge in [0.25, 0.3) is 11.5 Å². The summed E-state index contributed by atoms with van der Waals surface area (Å²) in [4.78, 5) is 32.5. The van der Waals surface area contributed by atoms with Crippen molar-refractivity contribution in [3.05, 3.63) is 52.6 Å². The highest BCUT2D eigenvalue weighted by Crippen LogP contribution is 2.19. The second-order valence-electron chi connectivity index (χ2n) is 5.86. The second kappa shape index (κ2) is 6.34. The maximum atomic E-state index is 12.7. The van der Waals surface area contributed by atoms with Gasteiger partial charge >= 0.3 is 0 Å². The molecule has 3 rings (SSSR count). The number of carbonyl (C=O) groups is 1. The van der Waals surface area contributed by atoms with Crippen molar-refractivity contribution in [3.63, 3.8) is 0 Å². The van der Waals surface area contributed by atoms with Crippen molar-refractivity contribution in [3.8, 4) is 11.3 Å². The minimum absolute atomic E-state index is 0.0277. The Balaban J connectivity index is 1.87. The molecular weight excluding hydrogens is 294 g/mol. The van der Waals surface area contributed by atoms with Crippen molar-refractivity contribution in [2.45, 2.75) is 26.1 Å². The molecule has 1 fully saturated rings. The zero-order valence-corrected chi connectivity index (χ0v) is 13.2. The Morgan fingerprint density at radius 2 is 2.00 bits per heavy atom.